The van der Waals surface area contributed by atoms with Crippen LogP contribution >= 0.6 is 11.6 Å². The normalized spacial score (nSPS) is 10.2. The molecule has 0 aromatic heterocycles. The van der Waals surface area contributed by atoms with E-state index in [1.54, 1.807) is 14.2 Å². The molecule has 0 unspecified atom stereocenters. The second-order valence-electron chi connectivity index (χ2n) is 4.51. The van der Waals surface area contributed by atoms with Gasteiger partial charge in [-0.25, -0.2) is 0 Å². The van der Waals surface area contributed by atoms with E-state index in [-0.39, 0.29) is 0 Å². The number of benzene rings is 2. The molecule has 4 heteroatoms. The maximum Gasteiger partial charge on any atom is 0.123 e. The third-order valence-electron chi connectivity index (χ3n) is 3.08. The standard InChI is InChI=1S/C16H18ClNO2/c1-11-4-7-16(20-3)12(8-11)10-18-15-9-13(19-2)5-6-14(15)17/h4-9,18H,10H2,1-3H3. The molecule has 0 heterocycles. The Balaban J connectivity index is 2.18. The van der Waals surface area contributed by atoms with Crippen LogP contribution in [0.25, 0.3) is 0 Å². The smallest absolute Gasteiger partial charge is 0.123 e. The highest BCUT2D eigenvalue weighted by Gasteiger charge is 2.06. The predicted octanol–water partition coefficient (Wildman–Crippen LogP) is 4.28. The van der Waals surface area contributed by atoms with Crippen molar-refractivity contribution in [2.75, 3.05) is 19.5 Å². The van der Waals surface area contributed by atoms with Crippen LogP contribution < -0.4 is 14.8 Å². The third-order valence-corrected chi connectivity index (χ3v) is 3.41. The topological polar surface area (TPSA) is 30.5 Å². The largest absolute Gasteiger partial charge is 0.497 e. The van der Waals surface area contributed by atoms with Gasteiger partial charge in [-0.15, -0.1) is 0 Å². The summed E-state index contributed by atoms with van der Waals surface area (Å²) in [7, 11) is 3.31. The second kappa shape index (κ2) is 6.53. The van der Waals surface area contributed by atoms with Crippen molar-refractivity contribution in [3.63, 3.8) is 0 Å². The van der Waals surface area contributed by atoms with Gasteiger partial charge < -0.3 is 14.8 Å². The van der Waals surface area contributed by atoms with Crippen LogP contribution in [0.15, 0.2) is 36.4 Å². The summed E-state index contributed by atoms with van der Waals surface area (Å²) in [4.78, 5) is 0. The lowest BCUT2D eigenvalue weighted by Crippen LogP contribution is -2.03. The molecule has 1 N–H and O–H groups in total. The molecule has 0 fully saturated rings. The highest BCUT2D eigenvalue weighted by molar-refractivity contribution is 6.33. The summed E-state index contributed by atoms with van der Waals surface area (Å²) < 4.78 is 10.6. The lowest BCUT2D eigenvalue weighted by molar-refractivity contribution is 0.410. The number of nitrogens with one attached hydrogen (secondary N) is 1. The van der Waals surface area contributed by atoms with Gasteiger partial charge in [0.05, 0.1) is 24.9 Å². The van der Waals surface area contributed by atoms with Gasteiger partial charge in [0.15, 0.2) is 0 Å². The number of hydrogen-bond donors (Lipinski definition) is 1. The molecule has 0 saturated carbocycles. The molecule has 0 aliphatic carbocycles. The number of methoxy groups -OCH3 is 2. The molecule has 106 valence electrons. The van der Waals surface area contributed by atoms with Crippen molar-refractivity contribution in [2.45, 2.75) is 13.5 Å². The summed E-state index contributed by atoms with van der Waals surface area (Å²) in [5.74, 6) is 1.63. The average molecular weight is 292 g/mol. The predicted molar refractivity (Wildman–Crippen MR) is 83.1 cm³/mol. The first-order valence-electron chi connectivity index (χ1n) is 6.35. The van der Waals surface area contributed by atoms with E-state index in [0.29, 0.717) is 11.6 Å². The van der Waals surface area contributed by atoms with E-state index in [1.165, 1.54) is 5.56 Å². The van der Waals surface area contributed by atoms with Crippen molar-refractivity contribution < 1.29 is 9.47 Å². The summed E-state index contributed by atoms with van der Waals surface area (Å²) in [5.41, 5.74) is 3.13. The zero-order valence-electron chi connectivity index (χ0n) is 11.9. The average Bonchev–Trinajstić information content (AvgIpc) is 2.46. The summed E-state index contributed by atoms with van der Waals surface area (Å²) in [6.45, 7) is 2.69. The summed E-state index contributed by atoms with van der Waals surface area (Å²) >= 11 is 6.18. The van der Waals surface area contributed by atoms with E-state index in [4.69, 9.17) is 21.1 Å². The van der Waals surface area contributed by atoms with Gasteiger partial charge in [-0.3, -0.25) is 0 Å². The van der Waals surface area contributed by atoms with Crippen LogP contribution in [-0.2, 0) is 6.54 Å². The van der Waals surface area contributed by atoms with Crippen molar-refractivity contribution in [1.82, 2.24) is 0 Å². The molecule has 0 aliphatic heterocycles. The van der Waals surface area contributed by atoms with Gasteiger partial charge in [0.25, 0.3) is 0 Å². The minimum absolute atomic E-state index is 0.637. The van der Waals surface area contributed by atoms with Gasteiger partial charge >= 0.3 is 0 Å². The van der Waals surface area contributed by atoms with Crippen molar-refractivity contribution in [1.29, 1.82) is 0 Å². The summed E-state index contributed by atoms with van der Waals surface area (Å²) in [6, 6.07) is 11.6. The van der Waals surface area contributed by atoms with E-state index in [1.807, 2.05) is 30.3 Å². The van der Waals surface area contributed by atoms with Crippen LogP contribution in [0.1, 0.15) is 11.1 Å². The molecule has 3 nitrogen and oxygen atoms in total. The molecule has 2 aromatic rings. The molecule has 2 aromatic carbocycles. The fourth-order valence-corrected chi connectivity index (χ4v) is 2.19. The van der Waals surface area contributed by atoms with E-state index in [0.717, 1.165) is 22.7 Å². The molecule has 0 spiro atoms. The molecule has 0 radical (unpaired) electrons. The van der Waals surface area contributed by atoms with Crippen LogP contribution in [0.5, 0.6) is 11.5 Å². The number of halogens is 1. The van der Waals surface area contributed by atoms with Gasteiger partial charge in [-0.1, -0.05) is 29.3 Å². The zero-order valence-corrected chi connectivity index (χ0v) is 12.6. The minimum atomic E-state index is 0.637. The first-order chi connectivity index (χ1) is 9.63. The number of rotatable bonds is 5. The second-order valence-corrected chi connectivity index (χ2v) is 4.92. The monoisotopic (exact) mass is 291 g/mol. The molecule has 0 atom stereocenters. The van der Waals surface area contributed by atoms with Gasteiger partial charge in [-0.2, -0.15) is 0 Å². The number of anilines is 1. The number of ether oxygens (including phenoxy) is 2. The minimum Gasteiger partial charge on any atom is -0.497 e. The zero-order chi connectivity index (χ0) is 14.5. The maximum absolute atomic E-state index is 6.18. The summed E-state index contributed by atoms with van der Waals surface area (Å²) in [6.07, 6.45) is 0. The van der Waals surface area contributed by atoms with Crippen molar-refractivity contribution >= 4 is 17.3 Å². The van der Waals surface area contributed by atoms with Crippen molar-refractivity contribution in [3.8, 4) is 11.5 Å². The van der Waals surface area contributed by atoms with E-state index in [9.17, 15) is 0 Å². The molecule has 20 heavy (non-hydrogen) atoms. The van der Waals surface area contributed by atoms with Gasteiger partial charge in [0.2, 0.25) is 0 Å². The number of aryl methyl sites for hydroxylation is 1. The Hall–Kier alpha value is -1.87. The van der Waals surface area contributed by atoms with Crippen molar-refractivity contribution in [2.24, 2.45) is 0 Å². The van der Waals surface area contributed by atoms with Gasteiger partial charge in [0, 0.05) is 18.2 Å². The lowest BCUT2D eigenvalue weighted by atomic mass is 10.1. The molecule has 0 saturated heterocycles. The van der Waals surface area contributed by atoms with Crippen LogP contribution in [0.2, 0.25) is 5.02 Å². The summed E-state index contributed by atoms with van der Waals surface area (Å²) in [5, 5.41) is 3.98. The SMILES string of the molecule is COc1ccc(Cl)c(NCc2cc(C)ccc2OC)c1. The van der Waals surface area contributed by atoms with Crippen LogP contribution in [-0.4, -0.2) is 14.2 Å². The van der Waals surface area contributed by atoms with Crippen molar-refractivity contribution in [3.05, 3.63) is 52.5 Å². The third kappa shape index (κ3) is 3.36. The fourth-order valence-electron chi connectivity index (χ4n) is 2.00. The Bertz CT molecular complexity index is 599. The molecule has 0 bridgehead atoms. The highest BCUT2D eigenvalue weighted by Crippen LogP contribution is 2.28. The Morgan fingerprint density at radius 3 is 2.55 bits per heavy atom. The number of hydrogen-bond acceptors (Lipinski definition) is 3. The maximum atomic E-state index is 6.18. The molecule has 0 amide bonds. The molecular weight excluding hydrogens is 274 g/mol. The molecule has 0 aliphatic rings. The van der Waals surface area contributed by atoms with Gasteiger partial charge in [0.1, 0.15) is 11.5 Å². The van der Waals surface area contributed by atoms with Crippen LogP contribution in [0.4, 0.5) is 5.69 Å². The van der Waals surface area contributed by atoms with E-state index in [2.05, 4.69) is 18.3 Å². The fraction of sp³-hybridized carbons (Fsp3) is 0.250. The first-order valence-corrected chi connectivity index (χ1v) is 6.72. The molecule has 2 rings (SSSR count). The molecular formula is C16H18ClNO2. The van der Waals surface area contributed by atoms with Crippen LogP contribution in [0.3, 0.4) is 0 Å². The van der Waals surface area contributed by atoms with E-state index >= 15 is 0 Å². The highest BCUT2D eigenvalue weighted by atomic mass is 35.5. The van der Waals surface area contributed by atoms with Crippen LogP contribution in [0, 0.1) is 6.92 Å². The van der Waals surface area contributed by atoms with E-state index < -0.39 is 0 Å². The van der Waals surface area contributed by atoms with Gasteiger partial charge in [-0.05, 0) is 25.1 Å². The Morgan fingerprint density at radius 2 is 1.85 bits per heavy atom. The first kappa shape index (κ1) is 14.5. The quantitative estimate of drug-likeness (QED) is 0.892. The Morgan fingerprint density at radius 1 is 1.05 bits per heavy atom. The Labute approximate surface area is 124 Å². The Kier molecular flexibility index (Phi) is 4.74. The lowest BCUT2D eigenvalue weighted by Gasteiger charge is -2.13.